The van der Waals surface area contributed by atoms with E-state index in [0.29, 0.717) is 17.2 Å². The molecule has 0 saturated carbocycles. The van der Waals surface area contributed by atoms with Crippen molar-refractivity contribution >= 4 is 27.5 Å². The number of aromatic carboxylic acids is 1. The van der Waals surface area contributed by atoms with Crippen molar-refractivity contribution in [1.29, 1.82) is 0 Å². The van der Waals surface area contributed by atoms with Crippen molar-refractivity contribution in [3.63, 3.8) is 0 Å². The van der Waals surface area contributed by atoms with E-state index in [-0.39, 0.29) is 5.56 Å². The van der Waals surface area contributed by atoms with Crippen LogP contribution in [-0.2, 0) is 0 Å². The molecule has 0 fully saturated rings. The molecule has 102 valence electrons. The fraction of sp³-hybridized carbons (Fsp3) is 0.231. The molecule has 0 radical (unpaired) electrons. The number of carbonyl (C=O) groups is 1. The average molecular weight is 288 g/mol. The topological polar surface area (TPSA) is 80.9 Å². The molecule has 3 rings (SSSR count). The van der Waals surface area contributed by atoms with E-state index in [1.165, 1.54) is 17.7 Å². The van der Waals surface area contributed by atoms with Gasteiger partial charge in [-0.1, -0.05) is 0 Å². The highest BCUT2D eigenvalue weighted by molar-refractivity contribution is 7.17. The number of thiophene rings is 1. The van der Waals surface area contributed by atoms with Gasteiger partial charge in [-0.3, -0.25) is 0 Å². The van der Waals surface area contributed by atoms with Gasteiger partial charge < -0.3 is 5.11 Å². The molecule has 0 aromatic carbocycles. The number of hydrogen-bond acceptors (Lipinski definition) is 5. The predicted octanol–water partition coefficient (Wildman–Crippen LogP) is 2.50. The van der Waals surface area contributed by atoms with Crippen molar-refractivity contribution in [3.8, 4) is 5.82 Å². The lowest BCUT2D eigenvalue weighted by atomic mass is 10.2. The van der Waals surface area contributed by atoms with E-state index in [9.17, 15) is 9.90 Å². The molecule has 0 unspecified atom stereocenters. The summed E-state index contributed by atoms with van der Waals surface area (Å²) in [5.41, 5.74) is 3.24. The Labute approximate surface area is 118 Å². The lowest BCUT2D eigenvalue weighted by Gasteiger charge is -2.04. The summed E-state index contributed by atoms with van der Waals surface area (Å²) >= 11 is 1.53. The van der Waals surface area contributed by atoms with Gasteiger partial charge >= 0.3 is 5.97 Å². The van der Waals surface area contributed by atoms with E-state index < -0.39 is 5.97 Å². The molecule has 0 amide bonds. The van der Waals surface area contributed by atoms with E-state index in [1.54, 1.807) is 18.5 Å². The van der Waals surface area contributed by atoms with Gasteiger partial charge in [0.25, 0.3) is 0 Å². The molecule has 3 aromatic rings. The first-order chi connectivity index (χ1) is 9.50. The molecule has 0 spiro atoms. The maximum atomic E-state index is 11.3. The number of hydrogen-bond donors (Lipinski definition) is 1. The monoisotopic (exact) mass is 288 g/mol. The van der Waals surface area contributed by atoms with Crippen LogP contribution in [-0.4, -0.2) is 30.8 Å². The normalized spacial score (nSPS) is 11.2. The van der Waals surface area contributed by atoms with Crippen LogP contribution in [0.4, 0.5) is 0 Å². The van der Waals surface area contributed by atoms with Gasteiger partial charge in [0.2, 0.25) is 0 Å². The summed E-state index contributed by atoms with van der Waals surface area (Å²) in [6.07, 6.45) is 1.48. The quantitative estimate of drug-likeness (QED) is 0.783. The number of nitrogens with zero attached hydrogens (tertiary/aromatic N) is 4. The molecule has 3 heterocycles. The van der Waals surface area contributed by atoms with Gasteiger partial charge in [-0.15, -0.1) is 11.3 Å². The molecule has 3 aromatic heterocycles. The highest BCUT2D eigenvalue weighted by Crippen LogP contribution is 2.29. The molecule has 7 heteroatoms. The summed E-state index contributed by atoms with van der Waals surface area (Å²) in [6.45, 7) is 5.41. The number of carboxylic acid groups (broad SMARTS) is 1. The van der Waals surface area contributed by atoms with Crippen molar-refractivity contribution in [2.45, 2.75) is 20.8 Å². The van der Waals surface area contributed by atoms with Gasteiger partial charge in [-0.2, -0.15) is 5.10 Å². The molecule has 0 aliphatic carbocycles. The Hall–Kier alpha value is -2.28. The molecule has 0 aliphatic rings. The van der Waals surface area contributed by atoms with Gasteiger partial charge in [0.1, 0.15) is 11.9 Å². The smallest absolute Gasteiger partial charge is 0.339 e. The average Bonchev–Trinajstić information content (AvgIpc) is 2.91. The fourth-order valence-corrected chi connectivity index (χ4v) is 3.24. The van der Waals surface area contributed by atoms with Crippen LogP contribution in [0.1, 0.15) is 27.3 Å². The van der Waals surface area contributed by atoms with Gasteiger partial charge in [-0.25, -0.2) is 19.4 Å². The third-order valence-corrected chi connectivity index (χ3v) is 4.30. The van der Waals surface area contributed by atoms with Gasteiger partial charge in [-0.05, 0) is 31.7 Å². The molecule has 0 saturated heterocycles. The van der Waals surface area contributed by atoms with Crippen molar-refractivity contribution < 1.29 is 9.90 Å². The van der Waals surface area contributed by atoms with Crippen LogP contribution in [0.15, 0.2) is 11.7 Å². The van der Waals surface area contributed by atoms with Crippen molar-refractivity contribution in [3.05, 3.63) is 34.2 Å². The largest absolute Gasteiger partial charge is 0.478 e. The molecule has 6 nitrogen and oxygen atoms in total. The summed E-state index contributed by atoms with van der Waals surface area (Å²) < 4.78 is 2.49. The van der Waals surface area contributed by atoms with Gasteiger partial charge in [0.15, 0.2) is 5.82 Å². The number of rotatable bonds is 2. The lowest BCUT2D eigenvalue weighted by Crippen LogP contribution is -2.04. The molecular formula is C13H12N4O2S. The van der Waals surface area contributed by atoms with E-state index in [0.717, 1.165) is 15.8 Å². The zero-order chi connectivity index (χ0) is 14.4. The summed E-state index contributed by atoms with van der Waals surface area (Å²) in [4.78, 5) is 19.8. The van der Waals surface area contributed by atoms with Crippen LogP contribution in [0.5, 0.6) is 0 Å². The third kappa shape index (κ3) is 1.70. The summed E-state index contributed by atoms with van der Waals surface area (Å²) in [7, 11) is 0. The third-order valence-electron chi connectivity index (χ3n) is 3.22. The number of carboxylic acids is 1. The minimum Gasteiger partial charge on any atom is -0.478 e. The van der Waals surface area contributed by atoms with Gasteiger partial charge in [0.05, 0.1) is 21.6 Å². The van der Waals surface area contributed by atoms with Crippen LogP contribution >= 0.6 is 11.3 Å². The first-order valence-electron chi connectivity index (χ1n) is 5.99. The maximum absolute atomic E-state index is 11.3. The number of fused-ring (bicyclic) bond motifs is 1. The Morgan fingerprint density at radius 2 is 2.05 bits per heavy atom. The highest BCUT2D eigenvalue weighted by atomic mass is 32.1. The molecule has 1 N–H and O–H groups in total. The van der Waals surface area contributed by atoms with Crippen molar-refractivity contribution in [1.82, 2.24) is 19.7 Å². The second-order valence-corrected chi connectivity index (χ2v) is 5.44. The Morgan fingerprint density at radius 1 is 1.30 bits per heavy atom. The van der Waals surface area contributed by atoms with Crippen molar-refractivity contribution in [2.24, 2.45) is 0 Å². The Kier molecular flexibility index (Phi) is 2.79. The Balaban J connectivity index is 2.32. The maximum Gasteiger partial charge on any atom is 0.339 e. The number of aromatic nitrogens is 4. The molecule has 20 heavy (non-hydrogen) atoms. The fourth-order valence-electron chi connectivity index (χ4n) is 2.27. The van der Waals surface area contributed by atoms with E-state index in [1.807, 2.05) is 12.3 Å². The lowest BCUT2D eigenvalue weighted by molar-refractivity contribution is 0.0695. The zero-order valence-corrected chi connectivity index (χ0v) is 12.0. The van der Waals surface area contributed by atoms with Crippen molar-refractivity contribution in [2.75, 3.05) is 0 Å². The van der Waals surface area contributed by atoms with Gasteiger partial charge in [0, 0.05) is 0 Å². The second kappa shape index (κ2) is 4.38. The zero-order valence-electron chi connectivity index (χ0n) is 11.2. The van der Waals surface area contributed by atoms with Crippen LogP contribution in [0, 0.1) is 20.8 Å². The first-order valence-corrected chi connectivity index (χ1v) is 6.87. The van der Waals surface area contributed by atoms with E-state index >= 15 is 0 Å². The van der Waals surface area contributed by atoms with E-state index in [4.69, 9.17) is 0 Å². The van der Waals surface area contributed by atoms with Crippen LogP contribution in [0.3, 0.4) is 0 Å². The first kappa shape index (κ1) is 12.7. The summed E-state index contributed by atoms with van der Waals surface area (Å²) in [5, 5.41) is 15.6. The minimum atomic E-state index is -0.973. The Morgan fingerprint density at radius 3 is 2.70 bits per heavy atom. The SMILES string of the molecule is Cc1nn(-c2ncnc3c(C)csc23)c(C)c1C(=O)O. The summed E-state index contributed by atoms with van der Waals surface area (Å²) in [6, 6.07) is 0. The standard InChI is InChI=1S/C13H12N4O2S/c1-6-4-20-11-10(6)14-5-15-12(11)17-8(3)9(13(18)19)7(2)16-17/h4-5H,1-3H3,(H,18,19). The summed E-state index contributed by atoms with van der Waals surface area (Å²) in [5.74, 6) is -0.347. The molecular weight excluding hydrogens is 276 g/mol. The highest BCUT2D eigenvalue weighted by Gasteiger charge is 2.21. The van der Waals surface area contributed by atoms with E-state index in [2.05, 4.69) is 15.1 Å². The Bertz CT molecular complexity index is 834. The molecule has 0 aliphatic heterocycles. The second-order valence-electron chi connectivity index (χ2n) is 4.56. The minimum absolute atomic E-state index is 0.227. The van der Waals surface area contributed by atoms with Crippen LogP contribution in [0.2, 0.25) is 0 Å². The number of aryl methyl sites for hydroxylation is 2. The molecule has 0 bridgehead atoms. The van der Waals surface area contributed by atoms with Crippen LogP contribution < -0.4 is 0 Å². The van der Waals surface area contributed by atoms with Crippen LogP contribution in [0.25, 0.3) is 16.0 Å². The molecule has 0 atom stereocenters. The predicted molar refractivity (Wildman–Crippen MR) is 75.7 cm³/mol.